The normalized spacial score (nSPS) is 14.7. The summed E-state index contributed by atoms with van der Waals surface area (Å²) < 4.78 is 9.68. The summed E-state index contributed by atoms with van der Waals surface area (Å²) in [6.07, 6.45) is 1.05. The highest BCUT2D eigenvalue weighted by Gasteiger charge is 2.27. The van der Waals surface area contributed by atoms with Gasteiger partial charge in [-0.25, -0.2) is 4.79 Å². The smallest absolute Gasteiger partial charge is 0.411 e. The number of guanidine groups is 1. The lowest BCUT2D eigenvalue weighted by Crippen LogP contribution is -2.46. The minimum atomic E-state index is -0.493. The van der Waals surface area contributed by atoms with E-state index in [0.29, 0.717) is 18.8 Å². The number of methoxy groups -OCH3 is 1. The Morgan fingerprint density at radius 1 is 1.21 bits per heavy atom. The molecule has 1 heterocycles. The molecule has 1 aliphatic rings. The molecule has 0 atom stereocenters. The van der Waals surface area contributed by atoms with Gasteiger partial charge in [-0.3, -0.25) is 15.1 Å². The quantitative estimate of drug-likeness (QED) is 0.278. The third-order valence-electron chi connectivity index (χ3n) is 4.46. The molecule has 1 saturated heterocycles. The molecule has 0 bridgehead atoms. The van der Waals surface area contributed by atoms with Crippen molar-refractivity contribution in [2.24, 2.45) is 10.9 Å². The lowest BCUT2D eigenvalue weighted by molar-refractivity contribution is -0.149. The monoisotopic (exact) mass is 504 g/mol. The fraction of sp³-hybridized carbons (Fsp3) is 0.526. The zero-order chi connectivity index (χ0) is 19.6. The summed E-state index contributed by atoms with van der Waals surface area (Å²) in [5, 5.41) is 5.96. The molecule has 1 fully saturated rings. The Bertz CT molecular complexity index is 658. The number of aliphatic imine (C=N–C) groups is 1. The number of amides is 1. The van der Waals surface area contributed by atoms with Crippen LogP contribution in [-0.2, 0) is 20.8 Å². The number of likely N-dealkylation sites (tertiary alicyclic amines) is 1. The van der Waals surface area contributed by atoms with Gasteiger partial charge in [-0.15, -0.1) is 24.0 Å². The Labute approximate surface area is 183 Å². The van der Waals surface area contributed by atoms with Crippen LogP contribution in [0.25, 0.3) is 0 Å². The van der Waals surface area contributed by atoms with Crippen LogP contribution in [0.1, 0.15) is 25.3 Å². The standard InChI is InChI=1S/C19H28N4O4.HI/c1-4-27-17(24)15-9-11-23(12-10-15)18(20-2)21-13-14-5-7-16(8-6-14)22-19(25)26-3;/h5-8,15H,4,9-13H2,1-3H3,(H,20,21)(H,22,25);1H. The number of hydrogen-bond acceptors (Lipinski definition) is 5. The Hall–Kier alpha value is -2.04. The van der Waals surface area contributed by atoms with Gasteiger partial charge in [0.1, 0.15) is 0 Å². The van der Waals surface area contributed by atoms with Crippen LogP contribution in [0.3, 0.4) is 0 Å². The molecule has 1 aliphatic heterocycles. The van der Waals surface area contributed by atoms with Crippen LogP contribution in [0.5, 0.6) is 0 Å². The van der Waals surface area contributed by atoms with E-state index in [1.807, 2.05) is 31.2 Å². The van der Waals surface area contributed by atoms with Crippen molar-refractivity contribution in [1.29, 1.82) is 0 Å². The van der Waals surface area contributed by atoms with Crippen LogP contribution < -0.4 is 10.6 Å². The zero-order valence-corrected chi connectivity index (χ0v) is 18.9. The van der Waals surface area contributed by atoms with E-state index in [1.165, 1.54) is 7.11 Å². The first kappa shape index (κ1) is 24.0. The van der Waals surface area contributed by atoms with E-state index in [4.69, 9.17) is 4.74 Å². The average molecular weight is 504 g/mol. The summed E-state index contributed by atoms with van der Waals surface area (Å²) in [6, 6.07) is 7.50. The number of halogens is 1. The van der Waals surface area contributed by atoms with E-state index in [0.717, 1.165) is 37.5 Å². The van der Waals surface area contributed by atoms with Crippen molar-refractivity contribution in [3.8, 4) is 0 Å². The summed E-state index contributed by atoms with van der Waals surface area (Å²) in [5.41, 5.74) is 1.74. The third-order valence-corrected chi connectivity index (χ3v) is 4.46. The van der Waals surface area contributed by atoms with Crippen LogP contribution >= 0.6 is 24.0 Å². The number of ether oxygens (including phenoxy) is 2. The highest BCUT2D eigenvalue weighted by Crippen LogP contribution is 2.19. The minimum absolute atomic E-state index is 0. The maximum atomic E-state index is 11.8. The molecule has 2 rings (SSSR count). The van der Waals surface area contributed by atoms with E-state index in [9.17, 15) is 9.59 Å². The highest BCUT2D eigenvalue weighted by atomic mass is 127. The van der Waals surface area contributed by atoms with Crippen LogP contribution in [0, 0.1) is 5.92 Å². The number of anilines is 1. The van der Waals surface area contributed by atoms with Gasteiger partial charge >= 0.3 is 12.1 Å². The molecule has 28 heavy (non-hydrogen) atoms. The molecular weight excluding hydrogens is 475 g/mol. The summed E-state index contributed by atoms with van der Waals surface area (Å²) in [6.45, 7) is 4.41. The highest BCUT2D eigenvalue weighted by molar-refractivity contribution is 14.0. The fourth-order valence-corrected chi connectivity index (χ4v) is 2.98. The third kappa shape index (κ3) is 7.17. The van der Waals surface area contributed by atoms with Gasteiger partial charge in [0.15, 0.2) is 5.96 Å². The van der Waals surface area contributed by atoms with Gasteiger partial charge in [0, 0.05) is 32.4 Å². The number of esters is 1. The van der Waals surface area contributed by atoms with Gasteiger partial charge in [-0.1, -0.05) is 12.1 Å². The first-order chi connectivity index (χ1) is 13.1. The van der Waals surface area contributed by atoms with Crippen molar-refractivity contribution in [3.63, 3.8) is 0 Å². The first-order valence-electron chi connectivity index (χ1n) is 9.13. The van der Waals surface area contributed by atoms with Crippen molar-refractivity contribution in [2.45, 2.75) is 26.3 Å². The molecule has 0 aromatic heterocycles. The van der Waals surface area contributed by atoms with Gasteiger partial charge in [0.25, 0.3) is 0 Å². The molecule has 8 nitrogen and oxygen atoms in total. The van der Waals surface area contributed by atoms with Gasteiger partial charge in [0.2, 0.25) is 0 Å². The van der Waals surface area contributed by atoms with E-state index in [-0.39, 0.29) is 35.9 Å². The number of hydrogen-bond donors (Lipinski definition) is 2. The molecule has 0 radical (unpaired) electrons. The van der Waals surface area contributed by atoms with E-state index in [1.54, 1.807) is 7.05 Å². The summed E-state index contributed by atoms with van der Waals surface area (Å²) >= 11 is 0. The van der Waals surface area contributed by atoms with Gasteiger partial charge in [0.05, 0.1) is 19.6 Å². The van der Waals surface area contributed by atoms with Crippen LogP contribution in [0.2, 0.25) is 0 Å². The fourth-order valence-electron chi connectivity index (χ4n) is 2.98. The number of nitrogens with one attached hydrogen (secondary N) is 2. The molecule has 1 aromatic rings. The number of piperidine rings is 1. The maximum absolute atomic E-state index is 11.8. The summed E-state index contributed by atoms with van der Waals surface area (Å²) in [5.74, 6) is 0.698. The minimum Gasteiger partial charge on any atom is -0.466 e. The first-order valence-corrected chi connectivity index (χ1v) is 9.13. The van der Waals surface area contributed by atoms with Crippen LogP contribution in [0.4, 0.5) is 10.5 Å². The van der Waals surface area contributed by atoms with Crippen molar-refractivity contribution in [2.75, 3.05) is 39.2 Å². The Kier molecular flexibility index (Phi) is 10.6. The maximum Gasteiger partial charge on any atom is 0.411 e. The Morgan fingerprint density at radius 2 is 1.86 bits per heavy atom. The second-order valence-electron chi connectivity index (χ2n) is 6.23. The number of nitrogens with zero attached hydrogens (tertiary/aromatic N) is 2. The average Bonchev–Trinajstić information content (AvgIpc) is 2.70. The number of carbonyl (C=O) groups is 2. The molecule has 1 aromatic carbocycles. The van der Waals surface area contributed by atoms with Crippen molar-refractivity contribution >= 4 is 47.7 Å². The van der Waals surface area contributed by atoms with Gasteiger partial charge < -0.3 is 19.7 Å². The zero-order valence-electron chi connectivity index (χ0n) is 16.6. The van der Waals surface area contributed by atoms with E-state index >= 15 is 0 Å². The summed E-state index contributed by atoms with van der Waals surface area (Å²) in [4.78, 5) is 29.5. The second kappa shape index (κ2) is 12.4. The predicted molar refractivity (Wildman–Crippen MR) is 119 cm³/mol. The Balaban J connectivity index is 0.00000392. The lowest BCUT2D eigenvalue weighted by Gasteiger charge is -2.33. The SMILES string of the molecule is CCOC(=O)C1CCN(C(=NC)NCc2ccc(NC(=O)OC)cc2)CC1.I. The van der Waals surface area contributed by atoms with Crippen LogP contribution in [-0.4, -0.2) is 56.8 Å². The molecule has 0 unspecified atom stereocenters. The molecule has 9 heteroatoms. The Morgan fingerprint density at radius 3 is 2.39 bits per heavy atom. The number of rotatable bonds is 5. The molecule has 0 aliphatic carbocycles. The number of benzene rings is 1. The van der Waals surface area contributed by atoms with Gasteiger partial charge in [-0.2, -0.15) is 0 Å². The molecule has 0 saturated carbocycles. The predicted octanol–water partition coefficient (Wildman–Crippen LogP) is 2.83. The molecular formula is C19H29IN4O4. The number of carbonyl (C=O) groups excluding carboxylic acids is 2. The topological polar surface area (TPSA) is 92.3 Å². The van der Waals surface area contributed by atoms with Gasteiger partial charge in [-0.05, 0) is 37.5 Å². The molecule has 156 valence electrons. The van der Waals surface area contributed by atoms with Crippen molar-refractivity contribution < 1.29 is 19.1 Å². The molecule has 0 spiro atoms. The summed E-state index contributed by atoms with van der Waals surface area (Å²) in [7, 11) is 3.08. The van der Waals surface area contributed by atoms with Crippen molar-refractivity contribution in [3.05, 3.63) is 29.8 Å². The lowest BCUT2D eigenvalue weighted by atomic mass is 9.97. The molecule has 2 N–H and O–H groups in total. The van der Waals surface area contributed by atoms with Crippen molar-refractivity contribution in [1.82, 2.24) is 10.2 Å². The second-order valence-corrected chi connectivity index (χ2v) is 6.23. The van der Waals surface area contributed by atoms with E-state index < -0.39 is 6.09 Å². The molecule has 1 amide bonds. The van der Waals surface area contributed by atoms with E-state index in [2.05, 4.69) is 25.3 Å². The van der Waals surface area contributed by atoms with Crippen LogP contribution in [0.15, 0.2) is 29.3 Å². The largest absolute Gasteiger partial charge is 0.466 e.